The van der Waals surface area contributed by atoms with Crippen molar-refractivity contribution >= 4 is 22.2 Å². The number of aryl methyl sites for hydroxylation is 1. The van der Waals surface area contributed by atoms with Crippen LogP contribution in [0.25, 0.3) is 0 Å². The number of halogens is 1. The molecule has 2 aromatic carbocycles. The number of rotatable bonds is 6. The molecule has 0 spiro atoms. The third-order valence-electron chi connectivity index (χ3n) is 3.20. The first kappa shape index (κ1) is 15.6. The van der Waals surface area contributed by atoms with E-state index >= 15 is 0 Å². The van der Waals surface area contributed by atoms with E-state index in [2.05, 4.69) is 47.1 Å². The highest BCUT2D eigenvalue weighted by molar-refractivity contribution is 9.10. The number of aldehydes is 1. The Bertz CT molecular complexity index is 621. The highest BCUT2D eigenvalue weighted by Crippen LogP contribution is 2.36. The maximum absolute atomic E-state index is 10.9. The predicted molar refractivity (Wildman–Crippen MR) is 86.2 cm³/mol. The quantitative estimate of drug-likeness (QED) is 0.725. The summed E-state index contributed by atoms with van der Waals surface area (Å²) in [7, 11) is 1.55. The minimum atomic E-state index is 0.444. The molecular formula is C17H17BrO3. The van der Waals surface area contributed by atoms with Crippen LogP contribution < -0.4 is 9.47 Å². The number of benzene rings is 2. The summed E-state index contributed by atoms with van der Waals surface area (Å²) in [5.74, 6) is 1.14. The molecule has 4 heteroatoms. The first-order chi connectivity index (χ1) is 10.2. The standard InChI is InChI=1S/C17H17BrO3/c1-3-12-4-6-13(7-5-12)11-21-17-15(18)8-14(10-19)9-16(17)20-2/h4-10H,3,11H2,1-2H3. The molecule has 0 aromatic heterocycles. The van der Waals surface area contributed by atoms with Crippen molar-refractivity contribution in [2.75, 3.05) is 7.11 Å². The lowest BCUT2D eigenvalue weighted by Crippen LogP contribution is -1.99. The highest BCUT2D eigenvalue weighted by atomic mass is 79.9. The number of hydrogen-bond acceptors (Lipinski definition) is 3. The molecule has 21 heavy (non-hydrogen) atoms. The Labute approximate surface area is 133 Å². The van der Waals surface area contributed by atoms with E-state index < -0.39 is 0 Å². The smallest absolute Gasteiger partial charge is 0.175 e. The summed E-state index contributed by atoms with van der Waals surface area (Å²) in [6.45, 7) is 2.57. The second-order valence-corrected chi connectivity index (χ2v) is 5.47. The summed E-state index contributed by atoms with van der Waals surface area (Å²) in [5.41, 5.74) is 2.92. The molecule has 3 nitrogen and oxygen atoms in total. The van der Waals surface area contributed by atoms with Gasteiger partial charge in [0.25, 0.3) is 0 Å². The monoisotopic (exact) mass is 348 g/mol. The van der Waals surface area contributed by atoms with E-state index in [1.54, 1.807) is 19.2 Å². The normalized spacial score (nSPS) is 10.2. The van der Waals surface area contributed by atoms with E-state index in [0.29, 0.717) is 28.1 Å². The molecule has 0 aliphatic heterocycles. The molecule has 0 unspecified atom stereocenters. The maximum atomic E-state index is 10.9. The fourth-order valence-electron chi connectivity index (χ4n) is 1.97. The number of methoxy groups -OCH3 is 1. The zero-order valence-electron chi connectivity index (χ0n) is 12.1. The Hall–Kier alpha value is -1.81. The Balaban J connectivity index is 2.16. The van der Waals surface area contributed by atoms with Gasteiger partial charge in [-0.15, -0.1) is 0 Å². The fraction of sp³-hybridized carbons (Fsp3) is 0.235. The zero-order valence-corrected chi connectivity index (χ0v) is 13.6. The molecule has 2 rings (SSSR count). The van der Waals surface area contributed by atoms with Gasteiger partial charge in [0, 0.05) is 5.56 Å². The molecular weight excluding hydrogens is 332 g/mol. The van der Waals surface area contributed by atoms with Gasteiger partial charge in [-0.05, 0) is 45.6 Å². The van der Waals surface area contributed by atoms with Crippen LogP contribution in [0.15, 0.2) is 40.9 Å². The van der Waals surface area contributed by atoms with Crippen LogP contribution in [0.3, 0.4) is 0 Å². The van der Waals surface area contributed by atoms with Crippen molar-refractivity contribution in [3.63, 3.8) is 0 Å². The number of carbonyl (C=O) groups excluding carboxylic acids is 1. The van der Waals surface area contributed by atoms with Gasteiger partial charge in [-0.3, -0.25) is 4.79 Å². The van der Waals surface area contributed by atoms with E-state index in [1.807, 2.05) is 0 Å². The molecule has 0 heterocycles. The topological polar surface area (TPSA) is 35.5 Å². The summed E-state index contributed by atoms with van der Waals surface area (Å²) >= 11 is 3.41. The Morgan fingerprint density at radius 1 is 1.14 bits per heavy atom. The van der Waals surface area contributed by atoms with Crippen LogP contribution in [-0.4, -0.2) is 13.4 Å². The minimum Gasteiger partial charge on any atom is -0.493 e. The molecule has 0 N–H and O–H groups in total. The summed E-state index contributed by atoms with van der Waals surface area (Å²) in [6.07, 6.45) is 1.80. The Kier molecular flexibility index (Phi) is 5.39. The lowest BCUT2D eigenvalue weighted by atomic mass is 10.1. The number of ether oxygens (including phenoxy) is 2. The molecule has 110 valence electrons. The lowest BCUT2D eigenvalue weighted by molar-refractivity contribution is 0.112. The summed E-state index contributed by atoms with van der Waals surface area (Å²) in [4.78, 5) is 10.9. The van der Waals surface area contributed by atoms with Gasteiger partial charge in [0.1, 0.15) is 12.9 Å². The van der Waals surface area contributed by atoms with Gasteiger partial charge in [0.05, 0.1) is 11.6 Å². The van der Waals surface area contributed by atoms with E-state index in [-0.39, 0.29) is 0 Å². The van der Waals surface area contributed by atoms with E-state index in [1.165, 1.54) is 5.56 Å². The predicted octanol–water partition coefficient (Wildman–Crippen LogP) is 4.41. The molecule has 0 amide bonds. The van der Waals surface area contributed by atoms with Crippen LogP contribution in [0.1, 0.15) is 28.4 Å². The highest BCUT2D eigenvalue weighted by Gasteiger charge is 2.11. The molecule has 0 aliphatic rings. The van der Waals surface area contributed by atoms with Crippen LogP contribution in [-0.2, 0) is 13.0 Å². The van der Waals surface area contributed by atoms with Crippen LogP contribution in [0.5, 0.6) is 11.5 Å². The molecule has 0 atom stereocenters. The van der Waals surface area contributed by atoms with Crippen LogP contribution in [0, 0.1) is 0 Å². The molecule has 2 aromatic rings. The molecule has 0 saturated carbocycles. The van der Waals surface area contributed by atoms with E-state index in [4.69, 9.17) is 9.47 Å². The van der Waals surface area contributed by atoms with Crippen molar-refractivity contribution in [1.29, 1.82) is 0 Å². The third-order valence-corrected chi connectivity index (χ3v) is 3.79. The molecule has 0 aliphatic carbocycles. The van der Waals surface area contributed by atoms with Gasteiger partial charge in [-0.2, -0.15) is 0 Å². The number of hydrogen-bond donors (Lipinski definition) is 0. The Morgan fingerprint density at radius 3 is 2.38 bits per heavy atom. The van der Waals surface area contributed by atoms with Crippen molar-refractivity contribution in [3.8, 4) is 11.5 Å². The van der Waals surface area contributed by atoms with Crippen molar-refractivity contribution in [1.82, 2.24) is 0 Å². The van der Waals surface area contributed by atoms with Crippen LogP contribution in [0.4, 0.5) is 0 Å². The second-order valence-electron chi connectivity index (χ2n) is 4.61. The lowest BCUT2D eigenvalue weighted by Gasteiger charge is -2.13. The average molecular weight is 349 g/mol. The van der Waals surface area contributed by atoms with Gasteiger partial charge in [-0.1, -0.05) is 31.2 Å². The molecule has 0 fully saturated rings. The largest absolute Gasteiger partial charge is 0.493 e. The fourth-order valence-corrected chi connectivity index (χ4v) is 2.55. The van der Waals surface area contributed by atoms with Crippen molar-refractivity contribution in [3.05, 3.63) is 57.6 Å². The number of carbonyl (C=O) groups is 1. The van der Waals surface area contributed by atoms with E-state index in [0.717, 1.165) is 18.3 Å². The summed E-state index contributed by atoms with van der Waals surface area (Å²) in [6, 6.07) is 11.7. The van der Waals surface area contributed by atoms with Gasteiger partial charge in [0.2, 0.25) is 0 Å². The molecule has 0 saturated heterocycles. The first-order valence-corrected chi connectivity index (χ1v) is 7.50. The summed E-state index contributed by atoms with van der Waals surface area (Å²) in [5, 5.41) is 0. The zero-order chi connectivity index (χ0) is 15.2. The molecule has 0 bridgehead atoms. The average Bonchev–Trinajstić information content (AvgIpc) is 2.53. The van der Waals surface area contributed by atoms with Gasteiger partial charge in [0.15, 0.2) is 11.5 Å². The summed E-state index contributed by atoms with van der Waals surface area (Å²) < 4.78 is 11.8. The van der Waals surface area contributed by atoms with Gasteiger partial charge < -0.3 is 9.47 Å². The van der Waals surface area contributed by atoms with Gasteiger partial charge in [-0.25, -0.2) is 0 Å². The van der Waals surface area contributed by atoms with Crippen molar-refractivity contribution < 1.29 is 14.3 Å². The second kappa shape index (κ2) is 7.27. The van der Waals surface area contributed by atoms with Crippen LogP contribution >= 0.6 is 15.9 Å². The van der Waals surface area contributed by atoms with Crippen molar-refractivity contribution in [2.45, 2.75) is 20.0 Å². The van der Waals surface area contributed by atoms with E-state index in [9.17, 15) is 4.79 Å². The third kappa shape index (κ3) is 3.85. The minimum absolute atomic E-state index is 0.444. The molecule has 0 radical (unpaired) electrons. The first-order valence-electron chi connectivity index (χ1n) is 6.71. The van der Waals surface area contributed by atoms with Crippen LogP contribution in [0.2, 0.25) is 0 Å². The van der Waals surface area contributed by atoms with Gasteiger partial charge >= 0.3 is 0 Å². The SMILES string of the molecule is CCc1ccc(COc2c(Br)cc(C=O)cc2OC)cc1. The van der Waals surface area contributed by atoms with Crippen molar-refractivity contribution in [2.24, 2.45) is 0 Å². The maximum Gasteiger partial charge on any atom is 0.175 e. The Morgan fingerprint density at radius 2 is 1.81 bits per heavy atom.